The molecule has 7 nitrogen and oxygen atoms in total. The fraction of sp³-hybridized carbons (Fsp3) is 0.529. The molecule has 2 N–H and O–H groups in total. The molecule has 1 atom stereocenters. The van der Waals surface area contributed by atoms with Gasteiger partial charge in [0.05, 0.1) is 11.9 Å². The Balaban J connectivity index is 1.61. The number of benzene rings is 1. The van der Waals surface area contributed by atoms with Crippen LogP contribution in [0.1, 0.15) is 26.2 Å². The maximum Gasteiger partial charge on any atom is 0.277 e. The molecule has 1 aromatic heterocycles. The summed E-state index contributed by atoms with van der Waals surface area (Å²) in [4.78, 5) is 26.6. The number of amides is 1. The molecule has 24 heavy (non-hydrogen) atoms. The van der Waals surface area contributed by atoms with E-state index in [-0.39, 0.29) is 30.5 Å². The van der Waals surface area contributed by atoms with Crippen molar-refractivity contribution in [3.05, 3.63) is 34.6 Å². The van der Waals surface area contributed by atoms with Gasteiger partial charge in [0, 0.05) is 25.6 Å². The Morgan fingerprint density at radius 1 is 1.33 bits per heavy atom. The van der Waals surface area contributed by atoms with Gasteiger partial charge in [-0.2, -0.15) is 0 Å². The lowest BCUT2D eigenvalue weighted by molar-refractivity contribution is -0.133. The molecule has 2 aromatic rings. The fourth-order valence-corrected chi connectivity index (χ4v) is 3.20. The summed E-state index contributed by atoms with van der Waals surface area (Å²) in [5.41, 5.74) is 6.30. The molecule has 1 aliphatic heterocycles. The summed E-state index contributed by atoms with van der Waals surface area (Å²) < 4.78 is 1.27. The number of likely N-dealkylation sites (tertiary alicyclic amines) is 1. The summed E-state index contributed by atoms with van der Waals surface area (Å²) in [5, 5.41) is 8.49. The van der Waals surface area contributed by atoms with Crippen LogP contribution in [0.3, 0.4) is 0 Å². The van der Waals surface area contributed by atoms with Crippen molar-refractivity contribution < 1.29 is 4.79 Å². The number of aryl methyl sites for hydroxylation is 1. The highest BCUT2D eigenvalue weighted by Gasteiger charge is 2.24. The summed E-state index contributed by atoms with van der Waals surface area (Å²) in [6, 6.07) is 7.26. The Morgan fingerprint density at radius 3 is 2.75 bits per heavy atom. The quantitative estimate of drug-likeness (QED) is 0.894. The van der Waals surface area contributed by atoms with Gasteiger partial charge in [-0.25, -0.2) is 4.68 Å². The van der Waals surface area contributed by atoms with Crippen LogP contribution in [0.15, 0.2) is 29.1 Å². The monoisotopic (exact) mass is 329 g/mol. The molecule has 2 heterocycles. The third-order valence-electron chi connectivity index (χ3n) is 4.80. The van der Waals surface area contributed by atoms with Crippen LogP contribution in [0.5, 0.6) is 0 Å². The van der Waals surface area contributed by atoms with E-state index in [0.29, 0.717) is 16.8 Å². The minimum Gasteiger partial charge on any atom is -0.343 e. The van der Waals surface area contributed by atoms with Gasteiger partial charge in [0.15, 0.2) is 0 Å². The highest BCUT2D eigenvalue weighted by molar-refractivity contribution is 5.77. The molecule has 0 bridgehead atoms. The molecule has 3 rings (SSSR count). The number of fused-ring (bicyclic) bond motifs is 1. The van der Waals surface area contributed by atoms with Crippen molar-refractivity contribution >= 4 is 16.8 Å². The number of carbonyl (C=O) groups excluding carboxylic acids is 1. The normalized spacial score (nSPS) is 17.2. The third-order valence-corrected chi connectivity index (χ3v) is 4.80. The van der Waals surface area contributed by atoms with Gasteiger partial charge in [-0.15, -0.1) is 5.10 Å². The average Bonchev–Trinajstić information content (AvgIpc) is 2.61. The first-order chi connectivity index (χ1) is 11.6. The van der Waals surface area contributed by atoms with Crippen molar-refractivity contribution in [3.63, 3.8) is 0 Å². The zero-order chi connectivity index (χ0) is 17.1. The maximum absolute atomic E-state index is 12.4. The summed E-state index contributed by atoms with van der Waals surface area (Å²) in [6.07, 6.45) is 2.15. The van der Waals surface area contributed by atoms with Crippen molar-refractivity contribution in [2.45, 2.75) is 38.8 Å². The lowest BCUT2D eigenvalue weighted by Gasteiger charge is -2.33. The Morgan fingerprint density at radius 2 is 2.04 bits per heavy atom. The summed E-state index contributed by atoms with van der Waals surface area (Å²) >= 11 is 0. The van der Waals surface area contributed by atoms with E-state index in [1.54, 1.807) is 18.2 Å². The summed E-state index contributed by atoms with van der Waals surface area (Å²) in [6.45, 7) is 3.75. The lowest BCUT2D eigenvalue weighted by Crippen LogP contribution is -2.43. The predicted octanol–water partition coefficient (Wildman–Crippen LogP) is 0.767. The van der Waals surface area contributed by atoms with Gasteiger partial charge >= 0.3 is 0 Å². The van der Waals surface area contributed by atoms with Crippen LogP contribution >= 0.6 is 0 Å². The molecule has 1 saturated heterocycles. The molecule has 1 fully saturated rings. The smallest absolute Gasteiger partial charge is 0.277 e. The first kappa shape index (κ1) is 16.6. The summed E-state index contributed by atoms with van der Waals surface area (Å²) in [5.74, 6) is 0.544. The summed E-state index contributed by atoms with van der Waals surface area (Å²) in [7, 11) is 0. The predicted molar refractivity (Wildman–Crippen MR) is 91.4 cm³/mol. The lowest BCUT2D eigenvalue weighted by atomic mass is 9.91. The Kier molecular flexibility index (Phi) is 4.89. The molecule has 1 unspecified atom stereocenters. The molecular formula is C17H23N5O2. The largest absolute Gasteiger partial charge is 0.343 e. The number of hydrogen-bond acceptors (Lipinski definition) is 5. The number of piperidine rings is 1. The van der Waals surface area contributed by atoms with Gasteiger partial charge in [0.25, 0.3) is 5.56 Å². The van der Waals surface area contributed by atoms with E-state index >= 15 is 0 Å². The van der Waals surface area contributed by atoms with Crippen molar-refractivity contribution in [1.29, 1.82) is 0 Å². The van der Waals surface area contributed by atoms with Gasteiger partial charge in [-0.3, -0.25) is 9.59 Å². The Hall–Kier alpha value is -2.28. The highest BCUT2D eigenvalue weighted by atomic mass is 16.2. The second kappa shape index (κ2) is 7.09. The standard InChI is InChI=1S/C17H23N5O2/c1-12(18)13-6-9-21(10-7-13)16(23)8-11-22-17(24)14-4-2-3-5-15(14)19-20-22/h2-5,12-13H,6-11,18H2,1H3. The molecule has 0 radical (unpaired) electrons. The van der Waals surface area contributed by atoms with Crippen molar-refractivity contribution in [3.8, 4) is 0 Å². The molecule has 7 heteroatoms. The van der Waals surface area contributed by atoms with Crippen LogP contribution in [0.4, 0.5) is 0 Å². The molecule has 0 aliphatic carbocycles. The van der Waals surface area contributed by atoms with E-state index in [0.717, 1.165) is 25.9 Å². The Bertz CT molecular complexity index is 778. The van der Waals surface area contributed by atoms with Gasteiger partial charge in [0.1, 0.15) is 5.52 Å². The number of aromatic nitrogens is 3. The number of hydrogen-bond donors (Lipinski definition) is 1. The number of rotatable bonds is 4. The molecule has 128 valence electrons. The highest BCUT2D eigenvalue weighted by Crippen LogP contribution is 2.20. The van der Waals surface area contributed by atoms with Gasteiger partial charge in [-0.1, -0.05) is 17.3 Å². The zero-order valence-corrected chi connectivity index (χ0v) is 13.9. The second-order valence-corrected chi connectivity index (χ2v) is 6.46. The van der Waals surface area contributed by atoms with Crippen molar-refractivity contribution in [1.82, 2.24) is 19.9 Å². The van der Waals surface area contributed by atoms with Crippen LogP contribution in [-0.4, -0.2) is 44.9 Å². The molecular weight excluding hydrogens is 306 g/mol. The van der Waals surface area contributed by atoms with Gasteiger partial charge in [0.2, 0.25) is 5.91 Å². The molecule has 0 spiro atoms. The van der Waals surface area contributed by atoms with E-state index < -0.39 is 0 Å². The number of nitrogens with two attached hydrogens (primary N) is 1. The van der Waals surface area contributed by atoms with Crippen LogP contribution in [0.2, 0.25) is 0 Å². The SMILES string of the molecule is CC(N)C1CCN(C(=O)CCn2nnc3ccccc3c2=O)CC1. The zero-order valence-electron chi connectivity index (χ0n) is 13.9. The van der Waals surface area contributed by atoms with E-state index in [4.69, 9.17) is 5.73 Å². The van der Waals surface area contributed by atoms with Crippen LogP contribution in [0.25, 0.3) is 10.9 Å². The van der Waals surface area contributed by atoms with Crippen LogP contribution in [0, 0.1) is 5.92 Å². The Labute approximate surface area is 140 Å². The molecule has 0 saturated carbocycles. The van der Waals surface area contributed by atoms with E-state index in [1.165, 1.54) is 4.68 Å². The fourth-order valence-electron chi connectivity index (χ4n) is 3.20. The second-order valence-electron chi connectivity index (χ2n) is 6.46. The van der Waals surface area contributed by atoms with Crippen LogP contribution < -0.4 is 11.3 Å². The van der Waals surface area contributed by atoms with E-state index in [2.05, 4.69) is 10.3 Å². The minimum atomic E-state index is -0.205. The van der Waals surface area contributed by atoms with Gasteiger partial charge < -0.3 is 10.6 Å². The maximum atomic E-state index is 12.4. The van der Waals surface area contributed by atoms with Crippen molar-refractivity contribution in [2.24, 2.45) is 11.7 Å². The number of nitrogens with zero attached hydrogens (tertiary/aromatic N) is 4. The molecule has 1 amide bonds. The topological polar surface area (TPSA) is 94.1 Å². The number of carbonyl (C=O) groups is 1. The van der Waals surface area contributed by atoms with E-state index in [9.17, 15) is 9.59 Å². The third kappa shape index (κ3) is 3.46. The van der Waals surface area contributed by atoms with Crippen LogP contribution in [-0.2, 0) is 11.3 Å². The molecule has 1 aliphatic rings. The van der Waals surface area contributed by atoms with E-state index in [1.807, 2.05) is 17.9 Å². The first-order valence-corrected chi connectivity index (χ1v) is 8.42. The molecule has 1 aromatic carbocycles. The van der Waals surface area contributed by atoms with Gasteiger partial charge in [-0.05, 0) is 37.8 Å². The van der Waals surface area contributed by atoms with Crippen molar-refractivity contribution in [2.75, 3.05) is 13.1 Å². The minimum absolute atomic E-state index is 0.0555. The first-order valence-electron chi connectivity index (χ1n) is 8.42. The average molecular weight is 329 g/mol.